The van der Waals surface area contributed by atoms with Crippen molar-refractivity contribution >= 4 is 21.7 Å². The standard InChI is InChI=1S/C6H11N3O4S/c1-4-5(6(10)9(2)7-4)8-13-14(3,11)12/h4,7H,1-3H3. The van der Waals surface area contributed by atoms with Gasteiger partial charge in [0, 0.05) is 7.05 Å². The molecule has 1 heterocycles. The average Bonchev–Trinajstić information content (AvgIpc) is 2.23. The second-order valence-corrected chi connectivity index (χ2v) is 4.53. The van der Waals surface area contributed by atoms with E-state index in [2.05, 4.69) is 14.9 Å². The Bertz CT molecular complexity index is 375. The summed E-state index contributed by atoms with van der Waals surface area (Å²) >= 11 is 0. The van der Waals surface area contributed by atoms with Crippen LogP contribution in [0.4, 0.5) is 0 Å². The van der Waals surface area contributed by atoms with Crippen LogP contribution in [-0.2, 0) is 19.2 Å². The highest BCUT2D eigenvalue weighted by molar-refractivity contribution is 7.85. The number of nitrogens with one attached hydrogen (secondary N) is 1. The van der Waals surface area contributed by atoms with Gasteiger partial charge in [-0.25, -0.2) is 5.43 Å². The molecule has 0 aromatic carbocycles. The minimum atomic E-state index is -3.66. The van der Waals surface area contributed by atoms with Gasteiger partial charge in [-0.05, 0) is 6.92 Å². The Morgan fingerprint density at radius 1 is 1.57 bits per heavy atom. The van der Waals surface area contributed by atoms with Crippen molar-refractivity contribution in [3.05, 3.63) is 0 Å². The summed E-state index contributed by atoms with van der Waals surface area (Å²) in [6.07, 6.45) is 0.859. The van der Waals surface area contributed by atoms with Gasteiger partial charge in [0.2, 0.25) is 0 Å². The number of carbonyl (C=O) groups excluding carboxylic acids is 1. The Balaban J connectivity index is 2.83. The van der Waals surface area contributed by atoms with Crippen molar-refractivity contribution in [3.8, 4) is 0 Å². The summed E-state index contributed by atoms with van der Waals surface area (Å²) in [5, 5.41) is 4.50. The Labute approximate surface area is 81.8 Å². The lowest BCUT2D eigenvalue weighted by molar-refractivity contribution is -0.123. The molecule has 1 unspecified atom stereocenters. The van der Waals surface area contributed by atoms with Gasteiger partial charge < -0.3 is 0 Å². The minimum Gasteiger partial charge on any atom is -0.275 e. The number of nitrogens with zero attached hydrogens (tertiary/aromatic N) is 2. The van der Waals surface area contributed by atoms with Gasteiger partial charge in [0.1, 0.15) is 0 Å². The van der Waals surface area contributed by atoms with E-state index in [9.17, 15) is 13.2 Å². The third-order valence-electron chi connectivity index (χ3n) is 1.59. The van der Waals surface area contributed by atoms with Crippen LogP contribution in [0.25, 0.3) is 0 Å². The molecule has 0 spiro atoms. The molecule has 0 radical (unpaired) electrons. The number of rotatable bonds is 2. The summed E-state index contributed by atoms with van der Waals surface area (Å²) in [7, 11) is -2.15. The van der Waals surface area contributed by atoms with Crippen LogP contribution in [0.5, 0.6) is 0 Å². The second-order valence-electron chi connectivity index (χ2n) is 2.97. The maximum atomic E-state index is 11.3. The first-order valence-electron chi connectivity index (χ1n) is 3.82. The van der Waals surface area contributed by atoms with Crippen LogP contribution in [0.15, 0.2) is 5.16 Å². The van der Waals surface area contributed by atoms with Crippen LogP contribution >= 0.6 is 0 Å². The van der Waals surface area contributed by atoms with Gasteiger partial charge in [-0.3, -0.25) is 14.1 Å². The molecule has 0 bridgehead atoms. The fourth-order valence-corrected chi connectivity index (χ4v) is 1.21. The quantitative estimate of drug-likeness (QED) is 0.584. The molecule has 14 heavy (non-hydrogen) atoms. The highest BCUT2D eigenvalue weighted by atomic mass is 32.2. The summed E-state index contributed by atoms with van der Waals surface area (Å²) in [6, 6.07) is -0.353. The molecule has 1 N–H and O–H groups in total. The average molecular weight is 221 g/mol. The number of hydrogen-bond acceptors (Lipinski definition) is 6. The molecule has 1 amide bonds. The van der Waals surface area contributed by atoms with Crippen LogP contribution in [-0.4, -0.2) is 44.4 Å². The van der Waals surface area contributed by atoms with E-state index in [-0.39, 0.29) is 11.8 Å². The monoisotopic (exact) mass is 221 g/mol. The Hall–Kier alpha value is -1.15. The Kier molecular flexibility index (Phi) is 2.76. The fourth-order valence-electron chi connectivity index (χ4n) is 0.993. The SMILES string of the molecule is CC1NN(C)C(=O)C1=NOS(C)(=O)=O. The van der Waals surface area contributed by atoms with E-state index < -0.39 is 16.0 Å². The van der Waals surface area contributed by atoms with Crippen LogP contribution < -0.4 is 5.43 Å². The number of carbonyl (C=O) groups is 1. The molecule has 7 nitrogen and oxygen atoms in total. The molecular formula is C6H11N3O4S. The van der Waals surface area contributed by atoms with E-state index in [0.29, 0.717) is 0 Å². The topological polar surface area (TPSA) is 88.1 Å². The lowest BCUT2D eigenvalue weighted by atomic mass is 10.2. The highest BCUT2D eigenvalue weighted by Crippen LogP contribution is 2.04. The molecule has 1 aliphatic rings. The molecule has 0 aromatic heterocycles. The van der Waals surface area contributed by atoms with Crippen molar-refractivity contribution in [2.45, 2.75) is 13.0 Å². The molecule has 0 aromatic rings. The maximum Gasteiger partial charge on any atom is 0.325 e. The second kappa shape index (κ2) is 3.54. The number of hydrazine groups is 1. The molecule has 1 aliphatic heterocycles. The Morgan fingerprint density at radius 3 is 2.50 bits per heavy atom. The van der Waals surface area contributed by atoms with Crippen molar-refractivity contribution in [3.63, 3.8) is 0 Å². The summed E-state index contributed by atoms with van der Waals surface area (Å²) in [4.78, 5) is 11.3. The van der Waals surface area contributed by atoms with Gasteiger partial charge in [-0.2, -0.15) is 8.42 Å². The molecule has 8 heteroatoms. The van der Waals surface area contributed by atoms with Crippen molar-refractivity contribution in [2.24, 2.45) is 5.16 Å². The lowest BCUT2D eigenvalue weighted by Crippen LogP contribution is -2.32. The maximum absolute atomic E-state index is 11.3. The summed E-state index contributed by atoms with van der Waals surface area (Å²) < 4.78 is 25.4. The normalized spacial score (nSPS) is 25.9. The van der Waals surface area contributed by atoms with Gasteiger partial charge in [0.15, 0.2) is 5.71 Å². The zero-order chi connectivity index (χ0) is 10.9. The fraction of sp³-hybridized carbons (Fsp3) is 0.667. The van der Waals surface area contributed by atoms with Crippen molar-refractivity contribution in [1.82, 2.24) is 10.4 Å². The van der Waals surface area contributed by atoms with Crippen LogP contribution in [0.1, 0.15) is 6.92 Å². The summed E-state index contributed by atoms with van der Waals surface area (Å²) in [5.74, 6) is -0.402. The van der Waals surface area contributed by atoms with E-state index in [1.807, 2.05) is 0 Å². The molecule has 0 saturated carbocycles. The lowest BCUT2D eigenvalue weighted by Gasteiger charge is -2.06. The molecule has 1 fully saturated rings. The first-order valence-corrected chi connectivity index (χ1v) is 5.63. The van der Waals surface area contributed by atoms with E-state index >= 15 is 0 Å². The smallest absolute Gasteiger partial charge is 0.275 e. The Morgan fingerprint density at radius 2 is 2.14 bits per heavy atom. The number of amides is 1. The third-order valence-corrected chi connectivity index (χ3v) is 1.94. The van der Waals surface area contributed by atoms with E-state index in [4.69, 9.17) is 0 Å². The van der Waals surface area contributed by atoms with Gasteiger partial charge in [-0.15, -0.1) is 0 Å². The summed E-state index contributed by atoms with van der Waals surface area (Å²) in [5.41, 5.74) is 2.77. The van der Waals surface area contributed by atoms with Gasteiger partial charge >= 0.3 is 10.1 Å². The first-order chi connectivity index (χ1) is 6.31. The van der Waals surface area contributed by atoms with Crippen molar-refractivity contribution in [2.75, 3.05) is 13.3 Å². The van der Waals surface area contributed by atoms with E-state index in [0.717, 1.165) is 6.26 Å². The molecule has 1 rings (SSSR count). The van der Waals surface area contributed by atoms with E-state index in [1.54, 1.807) is 6.92 Å². The number of oxime groups is 1. The predicted octanol–water partition coefficient (Wildman–Crippen LogP) is -1.32. The number of hydrogen-bond donors (Lipinski definition) is 1. The van der Waals surface area contributed by atoms with Crippen LogP contribution in [0, 0.1) is 0 Å². The zero-order valence-electron chi connectivity index (χ0n) is 8.01. The van der Waals surface area contributed by atoms with Crippen LogP contribution in [0.2, 0.25) is 0 Å². The predicted molar refractivity (Wildman–Crippen MR) is 48.7 cm³/mol. The van der Waals surface area contributed by atoms with Gasteiger partial charge in [0.05, 0.1) is 12.3 Å². The molecule has 1 atom stereocenters. The van der Waals surface area contributed by atoms with Gasteiger partial charge in [-0.1, -0.05) is 5.16 Å². The minimum absolute atomic E-state index is 0.0397. The third kappa shape index (κ3) is 2.42. The van der Waals surface area contributed by atoms with Crippen molar-refractivity contribution in [1.29, 1.82) is 0 Å². The highest BCUT2D eigenvalue weighted by Gasteiger charge is 2.32. The summed E-state index contributed by atoms with van der Waals surface area (Å²) in [6.45, 7) is 1.67. The molecule has 80 valence electrons. The largest absolute Gasteiger partial charge is 0.325 e. The molecule has 0 aliphatic carbocycles. The molecular weight excluding hydrogens is 210 g/mol. The van der Waals surface area contributed by atoms with Crippen LogP contribution in [0.3, 0.4) is 0 Å². The zero-order valence-corrected chi connectivity index (χ0v) is 8.83. The first kappa shape index (κ1) is 10.9. The van der Waals surface area contributed by atoms with Gasteiger partial charge in [0.25, 0.3) is 5.91 Å². The van der Waals surface area contributed by atoms with Crippen molar-refractivity contribution < 1.29 is 17.5 Å². The molecule has 1 saturated heterocycles. The van der Waals surface area contributed by atoms with E-state index in [1.165, 1.54) is 12.1 Å².